The number of urea groups is 1. The molecule has 108 valence electrons. The van der Waals surface area contributed by atoms with Crippen LogP contribution < -0.4 is 10.6 Å². The van der Waals surface area contributed by atoms with Crippen molar-refractivity contribution in [2.75, 3.05) is 13.1 Å². The maximum atomic E-state index is 11.8. The number of nitrogens with zero attached hydrogens (tertiary/aromatic N) is 1. The SMILES string of the molecule is CC(C)C(NC(=O)NC1CCN(C2CC2)C1)C(=O)O. The van der Waals surface area contributed by atoms with Gasteiger partial charge in [-0.2, -0.15) is 0 Å². The van der Waals surface area contributed by atoms with E-state index in [-0.39, 0.29) is 18.0 Å². The topological polar surface area (TPSA) is 81.7 Å². The van der Waals surface area contributed by atoms with Gasteiger partial charge < -0.3 is 15.7 Å². The van der Waals surface area contributed by atoms with Gasteiger partial charge in [-0.15, -0.1) is 0 Å². The fraction of sp³-hybridized carbons (Fsp3) is 0.846. The summed E-state index contributed by atoms with van der Waals surface area (Å²) in [5.74, 6) is -1.12. The van der Waals surface area contributed by atoms with E-state index in [2.05, 4.69) is 15.5 Å². The van der Waals surface area contributed by atoms with E-state index in [4.69, 9.17) is 5.11 Å². The standard InChI is InChI=1S/C13H23N3O3/c1-8(2)11(12(17)18)15-13(19)14-9-5-6-16(7-9)10-3-4-10/h8-11H,3-7H2,1-2H3,(H,17,18)(H2,14,15,19). The highest BCUT2D eigenvalue weighted by atomic mass is 16.4. The Morgan fingerprint density at radius 2 is 1.95 bits per heavy atom. The van der Waals surface area contributed by atoms with E-state index < -0.39 is 12.0 Å². The van der Waals surface area contributed by atoms with Crippen LogP contribution in [0.4, 0.5) is 4.79 Å². The zero-order valence-electron chi connectivity index (χ0n) is 11.6. The molecule has 0 spiro atoms. The van der Waals surface area contributed by atoms with Crippen molar-refractivity contribution in [2.45, 2.75) is 51.2 Å². The van der Waals surface area contributed by atoms with E-state index in [1.165, 1.54) is 12.8 Å². The molecule has 0 aromatic rings. The second-order valence-electron chi connectivity index (χ2n) is 5.89. The van der Waals surface area contributed by atoms with Crippen LogP contribution in [0.1, 0.15) is 33.1 Å². The molecule has 3 N–H and O–H groups in total. The van der Waals surface area contributed by atoms with E-state index in [1.807, 2.05) is 0 Å². The number of carbonyl (C=O) groups excluding carboxylic acids is 1. The lowest BCUT2D eigenvalue weighted by molar-refractivity contribution is -0.140. The molecule has 0 bridgehead atoms. The molecule has 2 rings (SSSR count). The molecule has 2 amide bonds. The first-order chi connectivity index (χ1) is 8.97. The van der Waals surface area contributed by atoms with Gasteiger partial charge in [0, 0.05) is 25.2 Å². The van der Waals surface area contributed by atoms with Crippen molar-refractivity contribution < 1.29 is 14.7 Å². The van der Waals surface area contributed by atoms with E-state index in [0.717, 1.165) is 25.6 Å². The van der Waals surface area contributed by atoms with Crippen molar-refractivity contribution in [2.24, 2.45) is 5.92 Å². The number of amides is 2. The minimum Gasteiger partial charge on any atom is -0.480 e. The van der Waals surface area contributed by atoms with Crippen LogP contribution in [0.3, 0.4) is 0 Å². The van der Waals surface area contributed by atoms with Crippen LogP contribution in [0.2, 0.25) is 0 Å². The summed E-state index contributed by atoms with van der Waals surface area (Å²) in [5.41, 5.74) is 0. The van der Waals surface area contributed by atoms with Crippen LogP contribution in [0.5, 0.6) is 0 Å². The van der Waals surface area contributed by atoms with Crippen LogP contribution in [0.25, 0.3) is 0 Å². The number of aliphatic carboxylic acids is 1. The number of hydrogen-bond donors (Lipinski definition) is 3. The van der Waals surface area contributed by atoms with Crippen LogP contribution in [0, 0.1) is 5.92 Å². The van der Waals surface area contributed by atoms with Crippen molar-refractivity contribution in [3.8, 4) is 0 Å². The van der Waals surface area contributed by atoms with Crippen molar-refractivity contribution >= 4 is 12.0 Å². The van der Waals surface area contributed by atoms with Gasteiger partial charge in [0.25, 0.3) is 0 Å². The van der Waals surface area contributed by atoms with Crippen molar-refractivity contribution in [3.63, 3.8) is 0 Å². The molecule has 2 fully saturated rings. The number of carboxylic acids is 1. The normalized spacial score (nSPS) is 25.3. The number of hydrogen-bond acceptors (Lipinski definition) is 3. The summed E-state index contributed by atoms with van der Waals surface area (Å²) < 4.78 is 0. The highest BCUT2D eigenvalue weighted by Crippen LogP contribution is 2.29. The molecule has 6 nitrogen and oxygen atoms in total. The first-order valence-corrected chi connectivity index (χ1v) is 7.01. The van der Waals surface area contributed by atoms with Crippen LogP contribution in [0.15, 0.2) is 0 Å². The molecule has 6 heteroatoms. The van der Waals surface area contributed by atoms with Gasteiger partial charge in [0.1, 0.15) is 6.04 Å². The molecule has 1 aliphatic carbocycles. The van der Waals surface area contributed by atoms with Gasteiger partial charge in [0.05, 0.1) is 0 Å². The van der Waals surface area contributed by atoms with E-state index in [9.17, 15) is 9.59 Å². The molecule has 1 saturated heterocycles. The lowest BCUT2D eigenvalue weighted by Gasteiger charge is -2.20. The molecule has 1 aliphatic heterocycles. The highest BCUT2D eigenvalue weighted by Gasteiger charge is 2.35. The zero-order valence-corrected chi connectivity index (χ0v) is 11.6. The molecule has 0 radical (unpaired) electrons. The fourth-order valence-electron chi connectivity index (χ4n) is 2.56. The Morgan fingerprint density at radius 3 is 2.47 bits per heavy atom. The van der Waals surface area contributed by atoms with Gasteiger partial charge in [-0.3, -0.25) is 4.90 Å². The summed E-state index contributed by atoms with van der Waals surface area (Å²) >= 11 is 0. The Morgan fingerprint density at radius 1 is 1.26 bits per heavy atom. The Hall–Kier alpha value is -1.30. The van der Waals surface area contributed by atoms with Crippen molar-refractivity contribution in [1.29, 1.82) is 0 Å². The van der Waals surface area contributed by atoms with Gasteiger partial charge >= 0.3 is 12.0 Å². The predicted octanol–water partition coefficient (Wildman–Crippen LogP) is 0.631. The third kappa shape index (κ3) is 3.83. The molecule has 0 aromatic heterocycles. The zero-order chi connectivity index (χ0) is 14.0. The Labute approximate surface area is 113 Å². The van der Waals surface area contributed by atoms with Crippen LogP contribution in [-0.2, 0) is 4.79 Å². The average Bonchev–Trinajstić information content (AvgIpc) is 3.07. The summed E-state index contributed by atoms with van der Waals surface area (Å²) in [6, 6.07) is -0.343. The van der Waals surface area contributed by atoms with Gasteiger partial charge in [-0.25, -0.2) is 9.59 Å². The smallest absolute Gasteiger partial charge is 0.326 e. The lowest BCUT2D eigenvalue weighted by atomic mass is 10.1. The summed E-state index contributed by atoms with van der Waals surface area (Å²) in [6.07, 6.45) is 3.49. The Bertz CT molecular complexity index is 355. The second kappa shape index (κ2) is 5.77. The Balaban J connectivity index is 1.76. The quantitative estimate of drug-likeness (QED) is 0.684. The molecule has 1 heterocycles. The third-order valence-corrected chi connectivity index (χ3v) is 3.84. The number of likely N-dealkylation sites (tertiary alicyclic amines) is 1. The first-order valence-electron chi connectivity index (χ1n) is 7.01. The van der Waals surface area contributed by atoms with E-state index >= 15 is 0 Å². The van der Waals surface area contributed by atoms with E-state index in [1.54, 1.807) is 13.8 Å². The molecule has 2 aliphatic rings. The largest absolute Gasteiger partial charge is 0.480 e. The number of carboxylic acid groups (broad SMARTS) is 1. The Kier molecular flexibility index (Phi) is 4.29. The second-order valence-corrected chi connectivity index (χ2v) is 5.89. The maximum absolute atomic E-state index is 11.8. The van der Waals surface area contributed by atoms with Gasteiger partial charge in [0.2, 0.25) is 0 Å². The average molecular weight is 269 g/mol. The molecular weight excluding hydrogens is 246 g/mol. The highest BCUT2D eigenvalue weighted by molar-refractivity contribution is 5.82. The lowest BCUT2D eigenvalue weighted by Crippen LogP contribution is -2.51. The maximum Gasteiger partial charge on any atom is 0.326 e. The monoisotopic (exact) mass is 269 g/mol. The molecular formula is C13H23N3O3. The number of carbonyl (C=O) groups is 2. The van der Waals surface area contributed by atoms with Crippen LogP contribution >= 0.6 is 0 Å². The molecule has 0 aromatic carbocycles. The summed E-state index contributed by atoms with van der Waals surface area (Å²) in [5, 5.41) is 14.4. The minimum absolute atomic E-state index is 0.130. The molecule has 1 saturated carbocycles. The molecule has 19 heavy (non-hydrogen) atoms. The fourth-order valence-corrected chi connectivity index (χ4v) is 2.56. The summed E-state index contributed by atoms with van der Waals surface area (Å²) in [7, 11) is 0. The predicted molar refractivity (Wildman–Crippen MR) is 70.9 cm³/mol. The van der Waals surface area contributed by atoms with Gasteiger partial charge in [-0.05, 0) is 25.2 Å². The molecule has 2 unspecified atom stereocenters. The summed E-state index contributed by atoms with van der Waals surface area (Å²) in [4.78, 5) is 25.2. The molecule has 2 atom stereocenters. The van der Waals surface area contributed by atoms with Gasteiger partial charge in [0.15, 0.2) is 0 Å². The first kappa shape index (κ1) is 14.1. The summed E-state index contributed by atoms with van der Waals surface area (Å²) in [6.45, 7) is 5.48. The third-order valence-electron chi connectivity index (χ3n) is 3.84. The number of rotatable bonds is 5. The van der Waals surface area contributed by atoms with Crippen molar-refractivity contribution in [3.05, 3.63) is 0 Å². The van der Waals surface area contributed by atoms with E-state index in [0.29, 0.717) is 0 Å². The minimum atomic E-state index is -0.990. The van der Waals surface area contributed by atoms with Crippen LogP contribution in [-0.4, -0.2) is 53.2 Å². The number of nitrogens with one attached hydrogen (secondary N) is 2. The van der Waals surface area contributed by atoms with Crippen molar-refractivity contribution in [1.82, 2.24) is 15.5 Å². The van der Waals surface area contributed by atoms with Gasteiger partial charge in [-0.1, -0.05) is 13.8 Å².